The Kier molecular flexibility index (Phi) is 4.59. The predicted octanol–water partition coefficient (Wildman–Crippen LogP) is 2.38. The van der Waals surface area contributed by atoms with Crippen LogP contribution >= 0.6 is 0 Å². The molecule has 4 nitrogen and oxygen atoms in total. The highest BCUT2D eigenvalue weighted by Crippen LogP contribution is 2.39. The molecule has 0 radical (unpaired) electrons. The minimum Gasteiger partial charge on any atom is -0.348 e. The van der Waals surface area contributed by atoms with Crippen molar-refractivity contribution in [3.8, 4) is 0 Å². The van der Waals surface area contributed by atoms with Crippen LogP contribution in [0.2, 0.25) is 0 Å². The van der Waals surface area contributed by atoms with E-state index < -0.39 is 23.9 Å². The maximum Gasteiger partial charge on any atom is 0.471 e. The topological polar surface area (TPSA) is 47.6 Å². The molecule has 1 N–H and O–H groups in total. The molecular formula is C13H20F3NO3. The van der Waals surface area contributed by atoms with E-state index in [1.165, 1.54) is 0 Å². The fraction of sp³-hybridized carbons (Fsp3) is 0.923. The van der Waals surface area contributed by atoms with Gasteiger partial charge in [-0.2, -0.15) is 13.2 Å². The van der Waals surface area contributed by atoms with Gasteiger partial charge in [0.2, 0.25) is 0 Å². The van der Waals surface area contributed by atoms with E-state index in [2.05, 4.69) is 5.32 Å². The third-order valence-electron chi connectivity index (χ3n) is 4.19. The summed E-state index contributed by atoms with van der Waals surface area (Å²) >= 11 is 0. The van der Waals surface area contributed by atoms with Crippen LogP contribution in [0.5, 0.6) is 0 Å². The van der Waals surface area contributed by atoms with Gasteiger partial charge < -0.3 is 14.8 Å². The van der Waals surface area contributed by atoms with Gasteiger partial charge in [-0.05, 0) is 25.2 Å². The molecule has 1 saturated carbocycles. The first-order chi connectivity index (χ1) is 9.36. The highest BCUT2D eigenvalue weighted by molar-refractivity contribution is 5.81. The molecule has 116 valence electrons. The van der Waals surface area contributed by atoms with Crippen molar-refractivity contribution in [1.29, 1.82) is 0 Å². The standard InChI is InChI=1S/C13H20F3NO3/c1-2-10(17-11(18)13(14,15)16)9-3-5-12(6-4-9)19-7-8-20-12/h9-10H,2-8H2,1H3,(H,17,18). The Hall–Kier alpha value is -0.820. The normalized spacial score (nSPS) is 24.8. The van der Waals surface area contributed by atoms with E-state index in [-0.39, 0.29) is 5.92 Å². The van der Waals surface area contributed by atoms with Crippen LogP contribution in [0.15, 0.2) is 0 Å². The van der Waals surface area contributed by atoms with Gasteiger partial charge in [0.15, 0.2) is 5.79 Å². The SMILES string of the molecule is CCC(NC(=O)C(F)(F)F)C1CCC2(CC1)OCCO2. The predicted molar refractivity (Wildman–Crippen MR) is 64.9 cm³/mol. The molecular weight excluding hydrogens is 275 g/mol. The summed E-state index contributed by atoms with van der Waals surface area (Å²) in [6.07, 6.45) is -1.57. The quantitative estimate of drug-likeness (QED) is 0.869. The first-order valence-electron chi connectivity index (χ1n) is 7.02. The maximum atomic E-state index is 12.3. The van der Waals surface area contributed by atoms with Crippen molar-refractivity contribution in [2.45, 2.75) is 57.0 Å². The Bertz CT molecular complexity index is 343. The minimum absolute atomic E-state index is 0.0460. The number of amides is 1. The van der Waals surface area contributed by atoms with E-state index in [9.17, 15) is 18.0 Å². The Labute approximate surface area is 116 Å². The fourth-order valence-corrected chi connectivity index (χ4v) is 3.07. The maximum absolute atomic E-state index is 12.3. The van der Waals surface area contributed by atoms with Crippen LogP contribution in [-0.4, -0.2) is 37.1 Å². The molecule has 1 aliphatic carbocycles. The summed E-state index contributed by atoms with van der Waals surface area (Å²) < 4.78 is 48.1. The van der Waals surface area contributed by atoms with E-state index in [4.69, 9.17) is 9.47 Å². The molecule has 0 aromatic rings. The molecule has 1 amide bonds. The molecule has 1 heterocycles. The van der Waals surface area contributed by atoms with Gasteiger partial charge in [0, 0.05) is 18.9 Å². The number of ether oxygens (including phenoxy) is 2. The van der Waals surface area contributed by atoms with E-state index in [0.717, 1.165) is 0 Å². The smallest absolute Gasteiger partial charge is 0.348 e. The van der Waals surface area contributed by atoms with E-state index >= 15 is 0 Å². The van der Waals surface area contributed by atoms with Crippen molar-refractivity contribution in [2.75, 3.05) is 13.2 Å². The van der Waals surface area contributed by atoms with Crippen molar-refractivity contribution < 1.29 is 27.4 Å². The molecule has 0 aromatic heterocycles. The summed E-state index contributed by atoms with van der Waals surface area (Å²) in [4.78, 5) is 11.0. The van der Waals surface area contributed by atoms with Gasteiger partial charge >= 0.3 is 12.1 Å². The molecule has 2 aliphatic rings. The van der Waals surface area contributed by atoms with Crippen LogP contribution in [0.4, 0.5) is 13.2 Å². The van der Waals surface area contributed by atoms with E-state index in [1.54, 1.807) is 6.92 Å². The first-order valence-corrected chi connectivity index (χ1v) is 7.02. The molecule has 1 spiro atoms. The summed E-state index contributed by atoms with van der Waals surface area (Å²) in [5, 5.41) is 2.11. The average molecular weight is 295 g/mol. The Morgan fingerprint density at radius 2 is 1.85 bits per heavy atom. The summed E-state index contributed by atoms with van der Waals surface area (Å²) in [7, 11) is 0. The van der Waals surface area contributed by atoms with Gasteiger partial charge in [-0.3, -0.25) is 4.79 Å². The van der Waals surface area contributed by atoms with Gasteiger partial charge in [0.25, 0.3) is 0 Å². The van der Waals surface area contributed by atoms with Crippen LogP contribution in [0.3, 0.4) is 0 Å². The molecule has 1 unspecified atom stereocenters. The number of nitrogens with one attached hydrogen (secondary N) is 1. The number of carbonyl (C=O) groups is 1. The van der Waals surface area contributed by atoms with Crippen molar-refractivity contribution >= 4 is 5.91 Å². The minimum atomic E-state index is -4.82. The van der Waals surface area contributed by atoms with Crippen LogP contribution in [0.1, 0.15) is 39.0 Å². The average Bonchev–Trinajstić information content (AvgIpc) is 2.84. The van der Waals surface area contributed by atoms with Gasteiger partial charge in [0.1, 0.15) is 0 Å². The Balaban J connectivity index is 1.88. The zero-order valence-electron chi connectivity index (χ0n) is 11.5. The van der Waals surface area contributed by atoms with Gasteiger partial charge in [0.05, 0.1) is 13.2 Å². The molecule has 0 bridgehead atoms. The lowest BCUT2D eigenvalue weighted by Gasteiger charge is -2.38. The first kappa shape index (κ1) is 15.6. The van der Waals surface area contributed by atoms with Crippen LogP contribution in [0.25, 0.3) is 0 Å². The molecule has 1 saturated heterocycles. The molecule has 0 aromatic carbocycles. The summed E-state index contributed by atoms with van der Waals surface area (Å²) in [6, 6.07) is -0.442. The second kappa shape index (κ2) is 5.89. The summed E-state index contributed by atoms with van der Waals surface area (Å²) in [5.41, 5.74) is 0. The molecule has 7 heteroatoms. The van der Waals surface area contributed by atoms with Crippen LogP contribution < -0.4 is 5.32 Å². The number of rotatable bonds is 3. The Morgan fingerprint density at radius 1 is 1.30 bits per heavy atom. The van der Waals surface area contributed by atoms with Crippen molar-refractivity contribution in [2.24, 2.45) is 5.92 Å². The van der Waals surface area contributed by atoms with Crippen LogP contribution in [0, 0.1) is 5.92 Å². The number of alkyl halides is 3. The number of hydrogen-bond acceptors (Lipinski definition) is 3. The fourth-order valence-electron chi connectivity index (χ4n) is 3.07. The molecule has 1 aliphatic heterocycles. The molecule has 20 heavy (non-hydrogen) atoms. The van der Waals surface area contributed by atoms with E-state index in [1.807, 2.05) is 0 Å². The second-order valence-corrected chi connectivity index (χ2v) is 5.43. The number of hydrogen-bond donors (Lipinski definition) is 1. The van der Waals surface area contributed by atoms with Gasteiger partial charge in [-0.25, -0.2) is 0 Å². The lowest BCUT2D eigenvalue weighted by atomic mass is 9.80. The van der Waals surface area contributed by atoms with E-state index in [0.29, 0.717) is 45.3 Å². The lowest BCUT2D eigenvalue weighted by Crippen LogP contribution is -2.48. The third kappa shape index (κ3) is 3.44. The summed E-state index contributed by atoms with van der Waals surface area (Å²) in [6.45, 7) is 2.94. The zero-order chi connectivity index (χ0) is 14.8. The summed E-state index contributed by atoms with van der Waals surface area (Å²) in [5.74, 6) is -2.33. The van der Waals surface area contributed by atoms with Gasteiger partial charge in [-0.15, -0.1) is 0 Å². The number of carbonyl (C=O) groups excluding carboxylic acids is 1. The molecule has 2 rings (SSSR count). The van der Waals surface area contributed by atoms with Crippen molar-refractivity contribution in [1.82, 2.24) is 5.32 Å². The molecule has 2 fully saturated rings. The highest BCUT2D eigenvalue weighted by atomic mass is 19.4. The highest BCUT2D eigenvalue weighted by Gasteiger charge is 2.44. The molecule has 1 atom stereocenters. The monoisotopic (exact) mass is 295 g/mol. The van der Waals surface area contributed by atoms with Crippen molar-refractivity contribution in [3.63, 3.8) is 0 Å². The van der Waals surface area contributed by atoms with Gasteiger partial charge in [-0.1, -0.05) is 6.92 Å². The van der Waals surface area contributed by atoms with Crippen molar-refractivity contribution in [3.05, 3.63) is 0 Å². The zero-order valence-corrected chi connectivity index (χ0v) is 11.5. The Morgan fingerprint density at radius 3 is 2.30 bits per heavy atom. The third-order valence-corrected chi connectivity index (χ3v) is 4.19. The second-order valence-electron chi connectivity index (χ2n) is 5.43. The number of halogens is 3. The largest absolute Gasteiger partial charge is 0.471 e. The van der Waals surface area contributed by atoms with Crippen LogP contribution in [-0.2, 0) is 14.3 Å². The lowest BCUT2D eigenvalue weighted by molar-refractivity contribution is -0.185.